The zero-order valence-corrected chi connectivity index (χ0v) is 11.2. The van der Waals surface area contributed by atoms with Gasteiger partial charge in [-0.3, -0.25) is 5.32 Å². The summed E-state index contributed by atoms with van der Waals surface area (Å²) in [6.45, 7) is 4.05. The number of hydrogen-bond acceptors (Lipinski definition) is 4. The molecule has 0 spiro atoms. The van der Waals surface area contributed by atoms with E-state index >= 15 is 0 Å². The first-order chi connectivity index (χ1) is 8.65. The molecular formula is C13H16ClNO3. The highest BCUT2D eigenvalue weighted by Gasteiger charge is 2.26. The lowest BCUT2D eigenvalue weighted by Crippen LogP contribution is -2.30. The van der Waals surface area contributed by atoms with Gasteiger partial charge in [0.25, 0.3) is 0 Å². The molecule has 0 aromatic heterocycles. The van der Waals surface area contributed by atoms with Gasteiger partial charge >= 0.3 is 5.97 Å². The van der Waals surface area contributed by atoms with Gasteiger partial charge in [0.05, 0.1) is 14.2 Å². The van der Waals surface area contributed by atoms with Crippen LogP contribution in [0.25, 0.3) is 0 Å². The second kappa shape index (κ2) is 7.03. The first kappa shape index (κ1) is 14.5. The molecule has 1 aromatic carbocycles. The van der Waals surface area contributed by atoms with Gasteiger partial charge in [-0.15, -0.1) is 6.58 Å². The molecular weight excluding hydrogens is 254 g/mol. The Morgan fingerprint density at radius 1 is 1.56 bits per heavy atom. The van der Waals surface area contributed by atoms with Gasteiger partial charge in [-0.2, -0.15) is 0 Å². The number of benzene rings is 1. The number of ether oxygens (including phenoxy) is 2. The number of esters is 1. The average Bonchev–Trinajstić information content (AvgIpc) is 2.39. The van der Waals surface area contributed by atoms with E-state index in [9.17, 15) is 4.79 Å². The number of carbonyl (C=O) groups is 1. The number of nitrogens with one attached hydrogen (secondary N) is 1. The first-order valence-corrected chi connectivity index (χ1v) is 5.78. The fourth-order valence-electron chi connectivity index (χ4n) is 1.60. The molecule has 1 N–H and O–H groups in total. The molecule has 0 saturated carbocycles. The van der Waals surface area contributed by atoms with Crippen LogP contribution in [0, 0.1) is 0 Å². The zero-order chi connectivity index (χ0) is 13.5. The maximum absolute atomic E-state index is 11.8. The molecule has 1 atom stereocenters. The van der Waals surface area contributed by atoms with E-state index in [4.69, 9.17) is 21.1 Å². The summed E-state index contributed by atoms with van der Waals surface area (Å²) >= 11 is 6.13. The molecule has 0 heterocycles. The maximum atomic E-state index is 11.8. The Kier molecular flexibility index (Phi) is 5.68. The van der Waals surface area contributed by atoms with E-state index in [1.54, 1.807) is 24.3 Å². The maximum Gasteiger partial charge on any atom is 0.327 e. The Bertz CT molecular complexity index is 434. The van der Waals surface area contributed by atoms with Crippen LogP contribution in [0.5, 0.6) is 5.75 Å². The highest BCUT2D eigenvalue weighted by molar-refractivity contribution is 6.31. The Balaban J connectivity index is 3.18. The quantitative estimate of drug-likeness (QED) is 0.636. The van der Waals surface area contributed by atoms with Crippen LogP contribution >= 0.6 is 11.6 Å². The fraction of sp³-hybridized carbons (Fsp3) is 0.308. The van der Waals surface area contributed by atoms with Gasteiger partial charge in [0.1, 0.15) is 11.8 Å². The van der Waals surface area contributed by atoms with Crippen molar-refractivity contribution >= 4 is 17.6 Å². The molecule has 98 valence electrons. The van der Waals surface area contributed by atoms with Crippen molar-refractivity contribution in [1.29, 1.82) is 0 Å². The lowest BCUT2D eigenvalue weighted by Gasteiger charge is -2.19. The van der Waals surface area contributed by atoms with Crippen molar-refractivity contribution in [1.82, 2.24) is 5.32 Å². The van der Waals surface area contributed by atoms with E-state index in [0.717, 1.165) is 0 Å². The number of halogens is 1. The van der Waals surface area contributed by atoms with Gasteiger partial charge in [-0.05, 0) is 12.1 Å². The average molecular weight is 270 g/mol. The van der Waals surface area contributed by atoms with Crippen LogP contribution < -0.4 is 10.1 Å². The van der Waals surface area contributed by atoms with Crippen molar-refractivity contribution < 1.29 is 14.3 Å². The van der Waals surface area contributed by atoms with Crippen molar-refractivity contribution in [2.75, 3.05) is 20.8 Å². The third-order valence-corrected chi connectivity index (χ3v) is 2.75. The van der Waals surface area contributed by atoms with Gasteiger partial charge in [0, 0.05) is 17.1 Å². The summed E-state index contributed by atoms with van der Waals surface area (Å²) in [5.41, 5.74) is 0.565. The molecule has 1 aromatic rings. The van der Waals surface area contributed by atoms with Crippen LogP contribution in [0.2, 0.25) is 5.02 Å². The van der Waals surface area contributed by atoms with E-state index in [0.29, 0.717) is 22.9 Å². The zero-order valence-electron chi connectivity index (χ0n) is 10.4. The lowest BCUT2D eigenvalue weighted by atomic mass is 10.1. The number of methoxy groups -OCH3 is 2. The second-order valence-corrected chi connectivity index (χ2v) is 3.92. The summed E-state index contributed by atoms with van der Waals surface area (Å²) in [5.74, 6) is 0.109. The minimum atomic E-state index is -0.684. The summed E-state index contributed by atoms with van der Waals surface area (Å²) in [5, 5.41) is 3.44. The molecule has 1 rings (SSSR count). The Morgan fingerprint density at radius 2 is 2.28 bits per heavy atom. The minimum Gasteiger partial charge on any atom is -0.496 e. The third-order valence-electron chi connectivity index (χ3n) is 2.42. The highest BCUT2D eigenvalue weighted by Crippen LogP contribution is 2.32. The summed E-state index contributed by atoms with van der Waals surface area (Å²) in [6, 6.07) is 4.51. The van der Waals surface area contributed by atoms with Crippen molar-refractivity contribution in [2.45, 2.75) is 6.04 Å². The predicted molar refractivity (Wildman–Crippen MR) is 71.0 cm³/mol. The molecule has 0 aliphatic carbocycles. The van der Waals surface area contributed by atoms with Crippen molar-refractivity contribution in [3.8, 4) is 5.75 Å². The van der Waals surface area contributed by atoms with Gasteiger partial charge < -0.3 is 9.47 Å². The molecule has 0 fully saturated rings. The van der Waals surface area contributed by atoms with Gasteiger partial charge in [0.15, 0.2) is 0 Å². The molecule has 0 bridgehead atoms. The number of carbonyl (C=O) groups excluding carboxylic acids is 1. The summed E-state index contributed by atoms with van der Waals surface area (Å²) in [4.78, 5) is 11.8. The van der Waals surface area contributed by atoms with E-state index in [-0.39, 0.29) is 0 Å². The van der Waals surface area contributed by atoms with Crippen LogP contribution in [0.4, 0.5) is 0 Å². The van der Waals surface area contributed by atoms with Crippen molar-refractivity contribution in [3.63, 3.8) is 0 Å². The van der Waals surface area contributed by atoms with E-state index in [1.165, 1.54) is 14.2 Å². The molecule has 1 unspecified atom stereocenters. The van der Waals surface area contributed by atoms with Crippen LogP contribution in [-0.4, -0.2) is 26.7 Å². The summed E-state index contributed by atoms with van der Waals surface area (Å²) in [6.07, 6.45) is 1.65. The summed E-state index contributed by atoms with van der Waals surface area (Å²) < 4.78 is 9.99. The molecule has 0 amide bonds. The SMILES string of the molecule is C=CCNC(C(=O)OC)c1c(Cl)cccc1OC. The van der Waals surface area contributed by atoms with Crippen molar-refractivity contribution in [2.24, 2.45) is 0 Å². The van der Waals surface area contributed by atoms with E-state index < -0.39 is 12.0 Å². The van der Waals surface area contributed by atoms with E-state index in [1.807, 2.05) is 0 Å². The standard InChI is InChI=1S/C13H16ClNO3/c1-4-8-15-12(13(16)18-3)11-9(14)6-5-7-10(11)17-2/h4-7,12,15H,1,8H2,2-3H3. The normalized spacial score (nSPS) is 11.7. The smallest absolute Gasteiger partial charge is 0.327 e. The van der Waals surface area contributed by atoms with Gasteiger partial charge in [0.2, 0.25) is 0 Å². The first-order valence-electron chi connectivity index (χ1n) is 5.40. The predicted octanol–water partition coefficient (Wildman–Crippen LogP) is 2.34. The van der Waals surface area contributed by atoms with Crippen LogP contribution in [-0.2, 0) is 9.53 Å². The van der Waals surface area contributed by atoms with Crippen LogP contribution in [0.3, 0.4) is 0 Å². The van der Waals surface area contributed by atoms with E-state index in [2.05, 4.69) is 11.9 Å². The van der Waals surface area contributed by atoms with Gasteiger partial charge in [-0.25, -0.2) is 4.79 Å². The fourth-order valence-corrected chi connectivity index (χ4v) is 1.87. The third kappa shape index (κ3) is 3.24. The molecule has 0 saturated heterocycles. The Hall–Kier alpha value is -1.52. The topological polar surface area (TPSA) is 47.6 Å². The lowest BCUT2D eigenvalue weighted by molar-refractivity contribution is -0.143. The molecule has 4 nitrogen and oxygen atoms in total. The molecule has 0 aliphatic rings. The van der Waals surface area contributed by atoms with Crippen LogP contribution in [0.1, 0.15) is 11.6 Å². The molecule has 0 radical (unpaired) electrons. The molecule has 5 heteroatoms. The Morgan fingerprint density at radius 3 is 2.83 bits per heavy atom. The molecule has 18 heavy (non-hydrogen) atoms. The largest absolute Gasteiger partial charge is 0.496 e. The summed E-state index contributed by atoms with van der Waals surface area (Å²) in [7, 11) is 2.85. The Labute approximate surface area is 112 Å². The number of hydrogen-bond donors (Lipinski definition) is 1. The monoisotopic (exact) mass is 269 g/mol. The highest BCUT2D eigenvalue weighted by atomic mass is 35.5. The van der Waals surface area contributed by atoms with Gasteiger partial charge in [-0.1, -0.05) is 23.7 Å². The van der Waals surface area contributed by atoms with Crippen molar-refractivity contribution in [3.05, 3.63) is 41.4 Å². The number of rotatable bonds is 6. The van der Waals surface area contributed by atoms with Crippen LogP contribution in [0.15, 0.2) is 30.9 Å². The minimum absolute atomic E-state index is 0.428. The second-order valence-electron chi connectivity index (χ2n) is 3.51. The molecule has 0 aliphatic heterocycles.